The van der Waals surface area contributed by atoms with Crippen molar-refractivity contribution < 1.29 is 19.0 Å². The summed E-state index contributed by atoms with van der Waals surface area (Å²) in [4.78, 5) is 14.7. The van der Waals surface area contributed by atoms with Crippen molar-refractivity contribution in [1.29, 1.82) is 0 Å². The highest BCUT2D eigenvalue weighted by Crippen LogP contribution is 2.11. The van der Waals surface area contributed by atoms with Crippen molar-refractivity contribution in [1.82, 2.24) is 4.98 Å². The first-order valence-electron chi connectivity index (χ1n) is 5.67. The Balaban J connectivity index is 2.00. The fourth-order valence-corrected chi connectivity index (χ4v) is 1.63. The highest BCUT2D eigenvalue weighted by atomic mass is 19.1. The van der Waals surface area contributed by atoms with Crippen molar-refractivity contribution in [3.05, 3.63) is 65.2 Å². The molecular formula is C14H12FNO3. The van der Waals surface area contributed by atoms with Crippen LogP contribution in [0.4, 0.5) is 4.39 Å². The molecule has 0 radical (unpaired) electrons. The van der Waals surface area contributed by atoms with Gasteiger partial charge in [-0.05, 0) is 12.1 Å². The van der Waals surface area contributed by atoms with E-state index >= 15 is 0 Å². The molecule has 1 heterocycles. The van der Waals surface area contributed by atoms with Crippen molar-refractivity contribution in [2.24, 2.45) is 0 Å². The zero-order valence-corrected chi connectivity index (χ0v) is 10.0. The van der Waals surface area contributed by atoms with E-state index in [2.05, 4.69) is 4.98 Å². The van der Waals surface area contributed by atoms with Gasteiger partial charge < -0.3 is 9.84 Å². The van der Waals surface area contributed by atoms with E-state index in [1.54, 1.807) is 30.3 Å². The van der Waals surface area contributed by atoms with Gasteiger partial charge in [0.15, 0.2) is 5.69 Å². The van der Waals surface area contributed by atoms with E-state index in [1.165, 1.54) is 12.3 Å². The molecule has 1 aromatic carbocycles. The first kappa shape index (κ1) is 13.2. The average molecular weight is 261 g/mol. The standard InChI is InChI=1S/C14H12FNO3/c15-12-6-2-1-4-10(12)8-19-9-11-5-3-7-16-13(11)14(17)18/h1-7H,8-9H2,(H,17,18). The second kappa shape index (κ2) is 6.06. The Kier molecular flexibility index (Phi) is 4.20. The maximum atomic E-state index is 13.3. The Morgan fingerprint density at radius 1 is 1.16 bits per heavy atom. The number of hydrogen-bond donors (Lipinski definition) is 1. The number of aromatic carboxylic acids is 1. The number of carboxylic acids is 1. The molecule has 0 aliphatic heterocycles. The molecule has 98 valence electrons. The molecule has 0 bridgehead atoms. The van der Waals surface area contributed by atoms with Crippen LogP contribution in [0.15, 0.2) is 42.6 Å². The van der Waals surface area contributed by atoms with Gasteiger partial charge in [0.05, 0.1) is 13.2 Å². The molecule has 4 nitrogen and oxygen atoms in total. The molecule has 0 unspecified atom stereocenters. The third-order valence-corrected chi connectivity index (χ3v) is 2.57. The lowest BCUT2D eigenvalue weighted by molar-refractivity contribution is 0.0676. The molecule has 5 heteroatoms. The van der Waals surface area contributed by atoms with Crippen molar-refractivity contribution >= 4 is 5.97 Å². The highest BCUT2D eigenvalue weighted by Gasteiger charge is 2.11. The molecular weight excluding hydrogens is 249 g/mol. The molecule has 19 heavy (non-hydrogen) atoms. The van der Waals surface area contributed by atoms with Gasteiger partial charge >= 0.3 is 5.97 Å². The Hall–Kier alpha value is -2.27. The molecule has 1 N–H and O–H groups in total. The van der Waals surface area contributed by atoms with Crippen LogP contribution < -0.4 is 0 Å². The Morgan fingerprint density at radius 3 is 2.58 bits per heavy atom. The normalized spacial score (nSPS) is 10.4. The number of carbonyl (C=O) groups is 1. The summed E-state index contributed by atoms with van der Waals surface area (Å²) >= 11 is 0. The number of aromatic nitrogens is 1. The smallest absolute Gasteiger partial charge is 0.354 e. The minimum absolute atomic E-state index is 0.0453. The van der Waals surface area contributed by atoms with Gasteiger partial charge in [0.25, 0.3) is 0 Å². The van der Waals surface area contributed by atoms with E-state index in [1.807, 2.05) is 0 Å². The maximum Gasteiger partial charge on any atom is 0.354 e. The van der Waals surface area contributed by atoms with Crippen molar-refractivity contribution in [2.45, 2.75) is 13.2 Å². The monoisotopic (exact) mass is 261 g/mol. The van der Waals surface area contributed by atoms with Crippen LogP contribution in [-0.4, -0.2) is 16.1 Å². The lowest BCUT2D eigenvalue weighted by Crippen LogP contribution is -2.07. The summed E-state index contributed by atoms with van der Waals surface area (Å²) in [6.45, 7) is 0.157. The van der Waals surface area contributed by atoms with Crippen LogP contribution in [0.2, 0.25) is 0 Å². The minimum atomic E-state index is -1.11. The van der Waals surface area contributed by atoms with Gasteiger partial charge in [0.1, 0.15) is 5.82 Å². The van der Waals surface area contributed by atoms with E-state index in [4.69, 9.17) is 9.84 Å². The van der Waals surface area contributed by atoms with Crippen molar-refractivity contribution in [3.8, 4) is 0 Å². The summed E-state index contributed by atoms with van der Waals surface area (Å²) in [5, 5.41) is 8.95. The van der Waals surface area contributed by atoms with E-state index < -0.39 is 5.97 Å². The summed E-state index contributed by atoms with van der Waals surface area (Å²) in [5.74, 6) is -1.45. The molecule has 0 aliphatic carbocycles. The van der Waals surface area contributed by atoms with E-state index in [-0.39, 0.29) is 24.7 Å². The molecule has 2 rings (SSSR count). The molecule has 0 aliphatic rings. The maximum absolute atomic E-state index is 13.3. The van der Waals surface area contributed by atoms with Gasteiger partial charge in [-0.3, -0.25) is 0 Å². The summed E-state index contributed by atoms with van der Waals surface area (Å²) in [7, 11) is 0. The Morgan fingerprint density at radius 2 is 1.84 bits per heavy atom. The number of pyridine rings is 1. The van der Waals surface area contributed by atoms with E-state index in [0.29, 0.717) is 11.1 Å². The molecule has 1 aromatic heterocycles. The fraction of sp³-hybridized carbons (Fsp3) is 0.143. The summed E-state index contributed by atoms with van der Waals surface area (Å²) in [6, 6.07) is 9.55. The highest BCUT2D eigenvalue weighted by molar-refractivity contribution is 5.86. The SMILES string of the molecule is O=C(O)c1ncccc1COCc1ccccc1F. The summed E-state index contributed by atoms with van der Waals surface area (Å²) in [6.07, 6.45) is 1.41. The largest absolute Gasteiger partial charge is 0.477 e. The first-order chi connectivity index (χ1) is 9.18. The first-order valence-corrected chi connectivity index (χ1v) is 5.67. The Bertz CT molecular complexity index is 586. The van der Waals surface area contributed by atoms with Crippen LogP contribution in [0.1, 0.15) is 21.6 Å². The molecule has 0 saturated carbocycles. The van der Waals surface area contributed by atoms with Crippen LogP contribution in [0.3, 0.4) is 0 Å². The van der Waals surface area contributed by atoms with E-state index in [9.17, 15) is 9.18 Å². The number of hydrogen-bond acceptors (Lipinski definition) is 3. The van der Waals surface area contributed by atoms with E-state index in [0.717, 1.165) is 0 Å². The third-order valence-electron chi connectivity index (χ3n) is 2.57. The number of rotatable bonds is 5. The van der Waals surface area contributed by atoms with Gasteiger partial charge in [0.2, 0.25) is 0 Å². The number of halogens is 1. The van der Waals surface area contributed by atoms with Crippen molar-refractivity contribution in [3.63, 3.8) is 0 Å². The quantitative estimate of drug-likeness (QED) is 0.898. The second-order valence-electron chi connectivity index (χ2n) is 3.90. The number of ether oxygens (including phenoxy) is 1. The van der Waals surface area contributed by atoms with Crippen LogP contribution in [0.5, 0.6) is 0 Å². The molecule has 0 fully saturated rings. The third kappa shape index (κ3) is 3.35. The molecule has 0 spiro atoms. The lowest BCUT2D eigenvalue weighted by atomic mass is 10.2. The van der Waals surface area contributed by atoms with Crippen LogP contribution in [0.25, 0.3) is 0 Å². The van der Waals surface area contributed by atoms with Gasteiger partial charge in [0, 0.05) is 17.3 Å². The predicted molar refractivity (Wildman–Crippen MR) is 66.1 cm³/mol. The average Bonchev–Trinajstić information content (AvgIpc) is 2.41. The summed E-state index contributed by atoms with van der Waals surface area (Å²) < 4.78 is 18.7. The predicted octanol–water partition coefficient (Wildman–Crippen LogP) is 2.64. The van der Waals surface area contributed by atoms with Crippen LogP contribution in [0, 0.1) is 5.82 Å². The van der Waals surface area contributed by atoms with Crippen LogP contribution >= 0.6 is 0 Å². The van der Waals surface area contributed by atoms with Gasteiger partial charge in [-0.2, -0.15) is 0 Å². The molecule has 0 amide bonds. The zero-order valence-electron chi connectivity index (χ0n) is 10.0. The minimum Gasteiger partial charge on any atom is -0.477 e. The lowest BCUT2D eigenvalue weighted by Gasteiger charge is -2.07. The van der Waals surface area contributed by atoms with Crippen LogP contribution in [-0.2, 0) is 18.0 Å². The summed E-state index contributed by atoms with van der Waals surface area (Å²) in [5.41, 5.74) is 0.852. The fourth-order valence-electron chi connectivity index (χ4n) is 1.63. The molecule has 0 atom stereocenters. The molecule has 0 saturated heterocycles. The number of carboxylic acid groups (broad SMARTS) is 1. The van der Waals surface area contributed by atoms with Gasteiger partial charge in [-0.15, -0.1) is 0 Å². The van der Waals surface area contributed by atoms with Crippen molar-refractivity contribution in [2.75, 3.05) is 0 Å². The van der Waals surface area contributed by atoms with Gasteiger partial charge in [-0.25, -0.2) is 14.2 Å². The zero-order chi connectivity index (χ0) is 13.7. The number of benzene rings is 1. The molecule has 2 aromatic rings. The number of nitrogens with zero attached hydrogens (tertiary/aromatic N) is 1. The second-order valence-corrected chi connectivity index (χ2v) is 3.90. The Labute approximate surface area is 109 Å². The topological polar surface area (TPSA) is 59.4 Å². The van der Waals surface area contributed by atoms with Gasteiger partial charge in [-0.1, -0.05) is 24.3 Å².